The van der Waals surface area contributed by atoms with Gasteiger partial charge in [0.2, 0.25) is 0 Å². The van der Waals surface area contributed by atoms with E-state index >= 15 is 0 Å². The molecule has 0 aromatic rings. The van der Waals surface area contributed by atoms with Crippen molar-refractivity contribution in [3.8, 4) is 0 Å². The quantitative estimate of drug-likeness (QED) is 0.584. The van der Waals surface area contributed by atoms with Crippen LogP contribution < -0.4 is 0 Å². The minimum atomic E-state index is 0.463. The van der Waals surface area contributed by atoms with Gasteiger partial charge in [-0.3, -0.25) is 0 Å². The molecule has 1 aliphatic heterocycles. The zero-order valence-electron chi connectivity index (χ0n) is 14.1. The average molecular weight is 302 g/mol. The maximum absolute atomic E-state index is 5.64. The highest BCUT2D eigenvalue weighted by Crippen LogP contribution is 2.23. The highest BCUT2D eigenvalue weighted by molar-refractivity contribution is 7.99. The Kier molecular flexibility index (Phi) is 9.23. The summed E-state index contributed by atoms with van der Waals surface area (Å²) in [6.07, 6.45) is 8.21. The molecule has 2 nitrogen and oxygen atoms in total. The fourth-order valence-electron chi connectivity index (χ4n) is 2.77. The molecule has 3 heteroatoms. The van der Waals surface area contributed by atoms with E-state index in [4.69, 9.17) is 4.74 Å². The fourth-order valence-corrected chi connectivity index (χ4v) is 3.75. The first-order valence-electron chi connectivity index (χ1n) is 8.34. The maximum Gasteiger partial charge on any atom is 0.0571 e. The first kappa shape index (κ1) is 18.3. The van der Waals surface area contributed by atoms with Crippen LogP contribution in [0, 0.1) is 5.41 Å². The van der Waals surface area contributed by atoms with E-state index in [1.54, 1.807) is 0 Å². The SMILES string of the molecule is CO[C@H](CCCCN1CCSCC1)CCCC(C)(C)C. The molecular weight excluding hydrogens is 266 g/mol. The third-order valence-corrected chi connectivity index (χ3v) is 5.08. The lowest BCUT2D eigenvalue weighted by molar-refractivity contribution is 0.0802. The minimum Gasteiger partial charge on any atom is -0.381 e. The molecule has 1 atom stereocenters. The van der Waals surface area contributed by atoms with Crippen LogP contribution in [-0.2, 0) is 4.74 Å². The van der Waals surface area contributed by atoms with Crippen molar-refractivity contribution in [1.82, 2.24) is 4.90 Å². The molecule has 0 unspecified atom stereocenters. The molecule has 1 aliphatic rings. The number of hydrogen-bond acceptors (Lipinski definition) is 3. The van der Waals surface area contributed by atoms with Crippen LogP contribution in [0.4, 0.5) is 0 Å². The summed E-state index contributed by atoms with van der Waals surface area (Å²) in [6.45, 7) is 10.9. The molecule has 0 aliphatic carbocycles. The van der Waals surface area contributed by atoms with Gasteiger partial charge in [0.15, 0.2) is 0 Å². The Balaban J connectivity index is 2.02. The first-order chi connectivity index (χ1) is 9.51. The van der Waals surface area contributed by atoms with Crippen molar-refractivity contribution in [3.63, 3.8) is 0 Å². The lowest BCUT2D eigenvalue weighted by atomic mass is 9.89. The molecule has 20 heavy (non-hydrogen) atoms. The van der Waals surface area contributed by atoms with Crippen LogP contribution in [0.1, 0.15) is 59.3 Å². The highest BCUT2D eigenvalue weighted by atomic mass is 32.2. The van der Waals surface area contributed by atoms with E-state index < -0.39 is 0 Å². The van der Waals surface area contributed by atoms with Gasteiger partial charge in [-0.1, -0.05) is 27.2 Å². The average Bonchev–Trinajstić information content (AvgIpc) is 2.41. The zero-order valence-corrected chi connectivity index (χ0v) is 14.9. The van der Waals surface area contributed by atoms with Crippen molar-refractivity contribution in [2.24, 2.45) is 5.41 Å². The zero-order chi connectivity index (χ0) is 14.8. The minimum absolute atomic E-state index is 0.463. The van der Waals surface area contributed by atoms with E-state index in [0.717, 1.165) is 0 Å². The van der Waals surface area contributed by atoms with E-state index in [1.807, 2.05) is 7.11 Å². The molecule has 0 amide bonds. The van der Waals surface area contributed by atoms with Crippen molar-refractivity contribution in [2.75, 3.05) is 38.2 Å². The van der Waals surface area contributed by atoms with Gasteiger partial charge in [0.1, 0.15) is 0 Å². The molecule has 120 valence electrons. The summed E-state index contributed by atoms with van der Waals surface area (Å²) in [5.41, 5.74) is 0.463. The van der Waals surface area contributed by atoms with E-state index in [0.29, 0.717) is 11.5 Å². The van der Waals surface area contributed by atoms with Crippen molar-refractivity contribution in [2.45, 2.75) is 65.4 Å². The third kappa shape index (κ3) is 9.25. The highest BCUT2D eigenvalue weighted by Gasteiger charge is 2.13. The number of rotatable bonds is 9. The molecule has 0 aromatic carbocycles. The van der Waals surface area contributed by atoms with Gasteiger partial charge in [0, 0.05) is 31.7 Å². The van der Waals surface area contributed by atoms with Crippen LogP contribution in [0.5, 0.6) is 0 Å². The summed E-state index contributed by atoms with van der Waals surface area (Å²) >= 11 is 2.10. The second-order valence-electron chi connectivity index (χ2n) is 7.26. The molecule has 0 bridgehead atoms. The molecule has 0 spiro atoms. The Hall–Kier alpha value is 0.270. The number of ether oxygens (including phenoxy) is 1. The molecular formula is C17H35NOS. The predicted molar refractivity (Wildman–Crippen MR) is 91.7 cm³/mol. The number of methoxy groups -OCH3 is 1. The van der Waals surface area contributed by atoms with Gasteiger partial charge in [0.25, 0.3) is 0 Å². The summed E-state index contributed by atoms with van der Waals surface area (Å²) in [5, 5.41) is 0. The Morgan fingerprint density at radius 1 is 1.05 bits per heavy atom. The van der Waals surface area contributed by atoms with Gasteiger partial charge in [-0.25, -0.2) is 0 Å². The largest absolute Gasteiger partial charge is 0.381 e. The van der Waals surface area contributed by atoms with Gasteiger partial charge in [-0.15, -0.1) is 0 Å². The summed E-state index contributed by atoms with van der Waals surface area (Å²) < 4.78 is 5.64. The van der Waals surface area contributed by atoms with Crippen LogP contribution >= 0.6 is 11.8 Å². The van der Waals surface area contributed by atoms with Gasteiger partial charge in [-0.05, 0) is 44.1 Å². The summed E-state index contributed by atoms with van der Waals surface area (Å²) in [6, 6.07) is 0. The summed E-state index contributed by atoms with van der Waals surface area (Å²) in [4.78, 5) is 2.62. The van der Waals surface area contributed by atoms with Crippen LogP contribution in [0.15, 0.2) is 0 Å². The Labute approximate surface area is 131 Å². The molecule has 0 aromatic heterocycles. The van der Waals surface area contributed by atoms with Crippen molar-refractivity contribution in [1.29, 1.82) is 0 Å². The molecule has 1 rings (SSSR count). The molecule has 0 saturated carbocycles. The van der Waals surface area contributed by atoms with E-state index in [2.05, 4.69) is 37.4 Å². The standard InChI is InChI=1S/C17H35NOS/c1-17(2,3)10-7-9-16(19-4)8-5-6-11-18-12-14-20-15-13-18/h16H,5-15H2,1-4H3/t16-/m1/s1. The van der Waals surface area contributed by atoms with Crippen molar-refractivity contribution in [3.05, 3.63) is 0 Å². The van der Waals surface area contributed by atoms with Crippen LogP contribution in [-0.4, -0.2) is 49.3 Å². The molecule has 1 fully saturated rings. The number of thioether (sulfide) groups is 1. The second kappa shape index (κ2) is 10.1. The Bertz CT molecular complexity index is 234. The van der Waals surface area contributed by atoms with Gasteiger partial charge in [0.05, 0.1) is 6.10 Å². The van der Waals surface area contributed by atoms with Gasteiger partial charge >= 0.3 is 0 Å². The topological polar surface area (TPSA) is 12.5 Å². The van der Waals surface area contributed by atoms with Crippen LogP contribution in [0.25, 0.3) is 0 Å². The van der Waals surface area contributed by atoms with Gasteiger partial charge in [-0.2, -0.15) is 11.8 Å². The van der Waals surface area contributed by atoms with Crippen LogP contribution in [0.3, 0.4) is 0 Å². The smallest absolute Gasteiger partial charge is 0.0571 e. The molecule has 1 heterocycles. The van der Waals surface area contributed by atoms with E-state index in [-0.39, 0.29) is 0 Å². The number of nitrogens with zero attached hydrogens (tertiary/aromatic N) is 1. The summed E-state index contributed by atoms with van der Waals surface area (Å²) in [7, 11) is 1.88. The van der Waals surface area contributed by atoms with Crippen LogP contribution in [0.2, 0.25) is 0 Å². The first-order valence-corrected chi connectivity index (χ1v) is 9.49. The van der Waals surface area contributed by atoms with Gasteiger partial charge < -0.3 is 9.64 Å². The lowest BCUT2D eigenvalue weighted by Crippen LogP contribution is -2.33. The lowest BCUT2D eigenvalue weighted by Gasteiger charge is -2.26. The maximum atomic E-state index is 5.64. The molecule has 0 N–H and O–H groups in total. The van der Waals surface area contributed by atoms with E-state index in [1.165, 1.54) is 69.7 Å². The van der Waals surface area contributed by atoms with Crippen molar-refractivity contribution >= 4 is 11.8 Å². The van der Waals surface area contributed by atoms with E-state index in [9.17, 15) is 0 Å². The summed E-state index contributed by atoms with van der Waals surface area (Å²) in [5.74, 6) is 2.65. The Morgan fingerprint density at radius 3 is 2.30 bits per heavy atom. The number of unbranched alkanes of at least 4 members (excludes halogenated alkanes) is 1. The number of hydrogen-bond donors (Lipinski definition) is 0. The molecule has 1 saturated heterocycles. The Morgan fingerprint density at radius 2 is 1.70 bits per heavy atom. The normalized spacial score (nSPS) is 19.2. The monoisotopic (exact) mass is 301 g/mol. The van der Waals surface area contributed by atoms with Crippen molar-refractivity contribution < 1.29 is 4.74 Å². The predicted octanol–water partition coefficient (Wildman–Crippen LogP) is 4.44. The third-order valence-electron chi connectivity index (χ3n) is 4.14. The second-order valence-corrected chi connectivity index (χ2v) is 8.49. The fraction of sp³-hybridized carbons (Fsp3) is 1.00. The molecule has 0 radical (unpaired) electrons.